The van der Waals surface area contributed by atoms with Crippen LogP contribution in [0.5, 0.6) is 11.5 Å². The van der Waals surface area contributed by atoms with Crippen LogP contribution in [-0.2, 0) is 0 Å². The maximum absolute atomic E-state index is 10.6. The molecule has 0 spiro atoms. The molecule has 3 nitrogen and oxygen atoms in total. The second kappa shape index (κ2) is 2.92. The minimum absolute atomic E-state index is 0.163. The Bertz CT molecular complexity index is 374. The highest BCUT2D eigenvalue weighted by Crippen LogP contribution is 2.41. The SMILES string of the molecule is Cc1c(C=O)cc2c(c1Cl)OCO2. The number of aldehydes is 1. The summed E-state index contributed by atoms with van der Waals surface area (Å²) in [4.78, 5) is 10.6. The summed E-state index contributed by atoms with van der Waals surface area (Å²) in [7, 11) is 0. The highest BCUT2D eigenvalue weighted by molar-refractivity contribution is 6.33. The number of ether oxygens (including phenoxy) is 2. The zero-order valence-electron chi connectivity index (χ0n) is 6.96. The highest BCUT2D eigenvalue weighted by atomic mass is 35.5. The fourth-order valence-electron chi connectivity index (χ4n) is 1.24. The van der Waals surface area contributed by atoms with Gasteiger partial charge in [-0.1, -0.05) is 11.6 Å². The maximum atomic E-state index is 10.6. The van der Waals surface area contributed by atoms with Crippen LogP contribution in [0.15, 0.2) is 6.07 Å². The van der Waals surface area contributed by atoms with Crippen molar-refractivity contribution < 1.29 is 14.3 Å². The number of benzene rings is 1. The Balaban J connectivity index is 2.68. The van der Waals surface area contributed by atoms with Crippen molar-refractivity contribution >= 4 is 17.9 Å². The summed E-state index contributed by atoms with van der Waals surface area (Å²) < 4.78 is 10.3. The van der Waals surface area contributed by atoms with E-state index in [0.717, 1.165) is 11.8 Å². The van der Waals surface area contributed by atoms with Crippen molar-refractivity contribution in [2.75, 3.05) is 6.79 Å². The first kappa shape index (κ1) is 8.38. The summed E-state index contributed by atoms with van der Waals surface area (Å²) in [6.45, 7) is 1.94. The molecular formula is C9H7ClO3. The number of hydrogen-bond acceptors (Lipinski definition) is 3. The molecular weight excluding hydrogens is 192 g/mol. The Labute approximate surface area is 80.2 Å². The second-order valence-corrected chi connectivity index (χ2v) is 3.13. The average Bonchev–Trinajstić information content (AvgIpc) is 2.59. The van der Waals surface area contributed by atoms with Gasteiger partial charge < -0.3 is 9.47 Å². The molecule has 0 saturated heterocycles. The molecule has 1 aliphatic rings. The van der Waals surface area contributed by atoms with Crippen LogP contribution in [0.25, 0.3) is 0 Å². The predicted octanol–water partition coefficient (Wildman–Crippen LogP) is 2.19. The van der Waals surface area contributed by atoms with Crippen LogP contribution in [-0.4, -0.2) is 13.1 Å². The van der Waals surface area contributed by atoms with Crippen molar-refractivity contribution in [3.63, 3.8) is 0 Å². The summed E-state index contributed by atoms with van der Waals surface area (Å²) in [5, 5.41) is 0.456. The molecule has 0 radical (unpaired) electrons. The Morgan fingerprint density at radius 2 is 2.31 bits per heavy atom. The standard InChI is InChI=1S/C9H7ClO3/c1-5-6(3-11)2-7-9(8(5)10)13-4-12-7/h2-3H,4H2,1H3. The Kier molecular flexibility index (Phi) is 1.88. The lowest BCUT2D eigenvalue weighted by atomic mass is 10.1. The minimum Gasteiger partial charge on any atom is -0.454 e. The van der Waals surface area contributed by atoms with Gasteiger partial charge in [-0.3, -0.25) is 4.79 Å². The molecule has 1 aromatic rings. The third-order valence-electron chi connectivity index (χ3n) is 2.02. The summed E-state index contributed by atoms with van der Waals surface area (Å²) in [5.74, 6) is 1.07. The van der Waals surface area contributed by atoms with E-state index < -0.39 is 0 Å². The van der Waals surface area contributed by atoms with E-state index in [-0.39, 0.29) is 6.79 Å². The van der Waals surface area contributed by atoms with E-state index in [1.807, 2.05) is 0 Å². The number of hydrogen-bond donors (Lipinski definition) is 0. The lowest BCUT2D eigenvalue weighted by molar-refractivity contribution is 0.112. The highest BCUT2D eigenvalue weighted by Gasteiger charge is 2.20. The summed E-state index contributed by atoms with van der Waals surface area (Å²) in [6, 6.07) is 1.64. The Hall–Kier alpha value is -1.22. The van der Waals surface area contributed by atoms with Crippen molar-refractivity contribution in [3.05, 3.63) is 22.2 Å². The second-order valence-electron chi connectivity index (χ2n) is 2.76. The molecule has 0 N–H and O–H groups in total. The third kappa shape index (κ3) is 1.16. The minimum atomic E-state index is 0.163. The van der Waals surface area contributed by atoms with Crippen molar-refractivity contribution in [1.29, 1.82) is 0 Å². The number of fused-ring (bicyclic) bond motifs is 1. The molecule has 68 valence electrons. The fourth-order valence-corrected chi connectivity index (χ4v) is 1.49. The summed E-state index contributed by atoms with van der Waals surface area (Å²) in [6.07, 6.45) is 0.753. The van der Waals surface area contributed by atoms with Crippen LogP contribution in [0.3, 0.4) is 0 Å². The molecule has 1 heterocycles. The lowest BCUT2D eigenvalue weighted by Gasteiger charge is -2.04. The van der Waals surface area contributed by atoms with Crippen molar-refractivity contribution in [3.8, 4) is 11.5 Å². The van der Waals surface area contributed by atoms with E-state index in [1.54, 1.807) is 13.0 Å². The zero-order valence-corrected chi connectivity index (χ0v) is 7.72. The van der Waals surface area contributed by atoms with Gasteiger partial charge in [0.25, 0.3) is 0 Å². The molecule has 4 heteroatoms. The summed E-state index contributed by atoms with van der Waals surface area (Å²) in [5.41, 5.74) is 1.26. The first-order valence-electron chi connectivity index (χ1n) is 3.78. The maximum Gasteiger partial charge on any atom is 0.231 e. The van der Waals surface area contributed by atoms with Crippen molar-refractivity contribution in [2.24, 2.45) is 0 Å². The Morgan fingerprint density at radius 1 is 1.54 bits per heavy atom. The topological polar surface area (TPSA) is 35.5 Å². The molecule has 0 bridgehead atoms. The van der Waals surface area contributed by atoms with E-state index in [1.165, 1.54) is 0 Å². The summed E-state index contributed by atoms with van der Waals surface area (Å²) >= 11 is 5.96. The van der Waals surface area contributed by atoms with Crippen LogP contribution >= 0.6 is 11.6 Å². The monoisotopic (exact) mass is 198 g/mol. The molecule has 1 aromatic carbocycles. The van der Waals surface area contributed by atoms with E-state index in [4.69, 9.17) is 21.1 Å². The molecule has 0 atom stereocenters. The molecule has 2 rings (SSSR count). The van der Waals surface area contributed by atoms with Gasteiger partial charge in [0, 0.05) is 5.56 Å². The van der Waals surface area contributed by atoms with Crippen LogP contribution in [0.1, 0.15) is 15.9 Å². The fraction of sp³-hybridized carbons (Fsp3) is 0.222. The van der Waals surface area contributed by atoms with E-state index in [9.17, 15) is 4.79 Å². The molecule has 0 aromatic heterocycles. The normalized spacial score (nSPS) is 13.1. The molecule has 13 heavy (non-hydrogen) atoms. The van der Waals surface area contributed by atoms with Crippen molar-refractivity contribution in [1.82, 2.24) is 0 Å². The van der Waals surface area contributed by atoms with Gasteiger partial charge in [0.15, 0.2) is 17.8 Å². The molecule has 0 aliphatic carbocycles. The first-order valence-corrected chi connectivity index (χ1v) is 4.15. The van der Waals surface area contributed by atoms with Gasteiger partial charge in [0.05, 0.1) is 5.02 Å². The van der Waals surface area contributed by atoms with Gasteiger partial charge in [0.2, 0.25) is 6.79 Å². The van der Waals surface area contributed by atoms with Gasteiger partial charge in [-0.05, 0) is 18.6 Å². The van der Waals surface area contributed by atoms with Gasteiger partial charge in [0.1, 0.15) is 0 Å². The van der Waals surface area contributed by atoms with Gasteiger partial charge in [-0.25, -0.2) is 0 Å². The molecule has 0 unspecified atom stereocenters. The molecule has 0 saturated carbocycles. The lowest BCUT2D eigenvalue weighted by Crippen LogP contribution is -1.93. The van der Waals surface area contributed by atoms with E-state index >= 15 is 0 Å². The number of carbonyl (C=O) groups excluding carboxylic acids is 1. The molecule has 0 fully saturated rings. The van der Waals surface area contributed by atoms with Crippen LogP contribution < -0.4 is 9.47 Å². The van der Waals surface area contributed by atoms with Gasteiger partial charge >= 0.3 is 0 Å². The molecule has 1 aliphatic heterocycles. The van der Waals surface area contributed by atoms with E-state index in [2.05, 4.69) is 0 Å². The first-order chi connectivity index (χ1) is 6.24. The Morgan fingerprint density at radius 3 is 3.00 bits per heavy atom. The van der Waals surface area contributed by atoms with Gasteiger partial charge in [-0.2, -0.15) is 0 Å². The predicted molar refractivity (Wildman–Crippen MR) is 47.7 cm³/mol. The van der Waals surface area contributed by atoms with Crippen LogP contribution in [0.2, 0.25) is 5.02 Å². The van der Waals surface area contributed by atoms with Crippen LogP contribution in [0.4, 0.5) is 0 Å². The number of halogens is 1. The largest absolute Gasteiger partial charge is 0.454 e. The third-order valence-corrected chi connectivity index (χ3v) is 2.47. The quantitative estimate of drug-likeness (QED) is 0.649. The van der Waals surface area contributed by atoms with Crippen LogP contribution in [0, 0.1) is 6.92 Å². The number of rotatable bonds is 1. The molecule has 0 amide bonds. The average molecular weight is 199 g/mol. The zero-order chi connectivity index (χ0) is 9.42. The van der Waals surface area contributed by atoms with Gasteiger partial charge in [-0.15, -0.1) is 0 Å². The van der Waals surface area contributed by atoms with Crippen molar-refractivity contribution in [2.45, 2.75) is 6.92 Å². The number of carbonyl (C=O) groups is 1. The van der Waals surface area contributed by atoms with E-state index in [0.29, 0.717) is 22.1 Å². The smallest absolute Gasteiger partial charge is 0.231 e.